The Morgan fingerprint density at radius 3 is 1.12 bits per heavy atom. The van der Waals surface area contributed by atoms with E-state index in [1.807, 2.05) is 67.8 Å². The lowest BCUT2D eigenvalue weighted by atomic mass is 10.1. The van der Waals surface area contributed by atoms with Crippen LogP contribution in [-0.2, 0) is 24.0 Å². The van der Waals surface area contributed by atoms with Gasteiger partial charge < -0.3 is 35.6 Å². The standard InChI is InChI=1S/C18H19F2IN2O4.C16H15F2IN2O3.C15H13F2IN2O3/c1-25-6-7-26-8-9-27-23-18(24)14-4-2-12(19)10-17(14)22-16-5-3-13(21)11-15(16)20;17-10-2-4-12(16(23)21-24-7-1-6-22)15(8-10)20-14-5-3-11(19)9-13(14)18;16-9-1-3-11(15(22)20-23-6-5-21)14(7-9)19-13-4-2-10(18)8-12(13)17/h2-5,10-11,22H,6-9H2,1H3,(H,23,24);2-5,8-9,20,22H,1,6-7H2,(H,21,23);1-4,7-8,19,21H,5-6H2,(H,20,22). The summed E-state index contributed by atoms with van der Waals surface area (Å²) in [5, 5.41) is 25.4. The minimum atomic E-state index is -0.646. The molecule has 0 heterocycles. The number of hydrogen-bond donors (Lipinski definition) is 8. The largest absolute Gasteiger partial charge is 0.396 e. The normalized spacial score (nSPS) is 10.5. The van der Waals surface area contributed by atoms with Crippen LogP contribution >= 0.6 is 67.8 Å². The van der Waals surface area contributed by atoms with E-state index in [0.717, 1.165) is 36.4 Å². The molecular formula is C49H47F6I3N6O10. The summed E-state index contributed by atoms with van der Waals surface area (Å²) < 4.78 is 94.6. The van der Waals surface area contributed by atoms with E-state index in [9.17, 15) is 40.7 Å². The van der Waals surface area contributed by atoms with Crippen molar-refractivity contribution in [2.24, 2.45) is 0 Å². The summed E-state index contributed by atoms with van der Waals surface area (Å²) in [5.74, 6) is -5.11. The predicted molar refractivity (Wildman–Crippen MR) is 288 cm³/mol. The molecule has 0 fully saturated rings. The quantitative estimate of drug-likeness (QED) is 0.0130. The number of benzene rings is 6. The van der Waals surface area contributed by atoms with Crippen molar-refractivity contribution < 1.29 is 74.9 Å². The molecule has 0 saturated carbocycles. The van der Waals surface area contributed by atoms with Crippen molar-refractivity contribution >= 4 is 120 Å². The van der Waals surface area contributed by atoms with Gasteiger partial charge in [-0.15, -0.1) is 0 Å². The van der Waals surface area contributed by atoms with Crippen LogP contribution in [0.25, 0.3) is 0 Å². The molecule has 0 atom stereocenters. The number of nitrogens with one attached hydrogen (secondary N) is 6. The molecule has 396 valence electrons. The number of halogens is 9. The topological polar surface area (TPSA) is 210 Å². The smallest absolute Gasteiger partial charge is 0.276 e. The van der Waals surface area contributed by atoms with Crippen LogP contribution in [0.5, 0.6) is 0 Å². The fourth-order valence-corrected chi connectivity index (χ4v) is 7.06. The van der Waals surface area contributed by atoms with Crippen LogP contribution in [0.3, 0.4) is 0 Å². The van der Waals surface area contributed by atoms with E-state index in [1.54, 1.807) is 25.3 Å². The second kappa shape index (κ2) is 32.8. The second-order valence-corrected chi connectivity index (χ2v) is 18.3. The molecule has 6 aromatic carbocycles. The van der Waals surface area contributed by atoms with Gasteiger partial charge in [0.2, 0.25) is 0 Å². The monoisotopic (exact) mass is 1370 g/mol. The van der Waals surface area contributed by atoms with Crippen molar-refractivity contribution in [2.45, 2.75) is 6.42 Å². The Morgan fingerprint density at radius 2 is 0.784 bits per heavy atom. The van der Waals surface area contributed by atoms with Crippen LogP contribution in [0.15, 0.2) is 109 Å². The highest BCUT2D eigenvalue weighted by atomic mass is 127. The average Bonchev–Trinajstić information content (AvgIpc) is 3.35. The lowest BCUT2D eigenvalue weighted by Gasteiger charge is -2.13. The number of aliphatic hydroxyl groups is 2. The van der Waals surface area contributed by atoms with Crippen molar-refractivity contribution in [2.75, 3.05) is 75.9 Å². The van der Waals surface area contributed by atoms with Gasteiger partial charge in [-0.1, -0.05) is 0 Å². The van der Waals surface area contributed by atoms with Crippen LogP contribution < -0.4 is 32.4 Å². The summed E-state index contributed by atoms with van der Waals surface area (Å²) in [7, 11) is 1.57. The van der Waals surface area contributed by atoms with Gasteiger partial charge in [-0.3, -0.25) is 28.9 Å². The van der Waals surface area contributed by atoms with Crippen molar-refractivity contribution in [1.29, 1.82) is 0 Å². The molecule has 0 aliphatic carbocycles. The molecule has 0 saturated heterocycles. The van der Waals surface area contributed by atoms with Gasteiger partial charge in [-0.25, -0.2) is 42.8 Å². The molecule has 0 aliphatic rings. The Bertz CT molecular complexity index is 2810. The SMILES string of the molecule is COCCOCCONC(=O)c1ccc(F)cc1Nc1ccc(I)cc1F.O=C(NOCCCO)c1ccc(F)cc1Nc1ccc(I)cc1F.O=C(NOCCO)c1ccc(F)cc1Nc1ccc(I)cc1F. The van der Waals surface area contributed by atoms with Gasteiger partial charge in [-0.05, 0) is 183 Å². The fraction of sp³-hybridized carbons (Fsp3) is 0.204. The molecule has 6 aromatic rings. The molecule has 0 aromatic heterocycles. The molecule has 6 rings (SSSR count). The molecule has 0 bridgehead atoms. The molecule has 16 nitrogen and oxygen atoms in total. The molecule has 3 amide bonds. The number of hydrogen-bond acceptors (Lipinski definition) is 13. The third-order valence-electron chi connectivity index (χ3n) is 9.13. The zero-order valence-corrected chi connectivity index (χ0v) is 45.3. The molecule has 8 N–H and O–H groups in total. The molecule has 0 radical (unpaired) electrons. The fourth-order valence-electron chi connectivity index (χ4n) is 5.70. The van der Waals surface area contributed by atoms with Gasteiger partial charge in [0, 0.05) is 24.4 Å². The number of ether oxygens (including phenoxy) is 2. The number of methoxy groups -OCH3 is 1. The van der Waals surface area contributed by atoms with Gasteiger partial charge in [0.05, 0.1) is 97.1 Å². The van der Waals surface area contributed by atoms with E-state index in [4.69, 9.17) is 34.2 Å². The summed E-state index contributed by atoms with van der Waals surface area (Å²) in [6.07, 6.45) is 0.364. The first-order chi connectivity index (χ1) is 35.5. The molecular weight excluding hydrogens is 1330 g/mol. The highest BCUT2D eigenvalue weighted by molar-refractivity contribution is 14.1. The third kappa shape index (κ3) is 21.1. The van der Waals surface area contributed by atoms with Crippen molar-refractivity contribution in [3.63, 3.8) is 0 Å². The Hall–Kier alpha value is -5.38. The lowest BCUT2D eigenvalue weighted by Crippen LogP contribution is -2.26. The predicted octanol–water partition coefficient (Wildman–Crippen LogP) is 9.96. The maximum Gasteiger partial charge on any atom is 0.276 e. The second-order valence-electron chi connectivity index (χ2n) is 14.6. The maximum atomic E-state index is 14.0. The summed E-state index contributed by atoms with van der Waals surface area (Å²) >= 11 is 5.92. The molecule has 74 heavy (non-hydrogen) atoms. The first-order valence-corrected chi connectivity index (χ1v) is 24.9. The number of amides is 3. The minimum Gasteiger partial charge on any atom is -0.396 e. The van der Waals surface area contributed by atoms with E-state index >= 15 is 0 Å². The molecule has 0 spiro atoms. The van der Waals surface area contributed by atoms with Crippen LogP contribution in [0.1, 0.15) is 37.5 Å². The summed E-state index contributed by atoms with van der Waals surface area (Å²) in [6.45, 7) is 1.01. The van der Waals surface area contributed by atoms with Crippen LogP contribution in [0, 0.1) is 45.6 Å². The number of carbonyl (C=O) groups is 3. The van der Waals surface area contributed by atoms with Gasteiger partial charge in [0.15, 0.2) is 0 Å². The van der Waals surface area contributed by atoms with Crippen LogP contribution in [-0.4, -0.2) is 87.9 Å². The molecule has 0 unspecified atom stereocenters. The van der Waals surface area contributed by atoms with Crippen LogP contribution in [0.4, 0.5) is 60.5 Å². The van der Waals surface area contributed by atoms with Gasteiger partial charge >= 0.3 is 0 Å². The van der Waals surface area contributed by atoms with E-state index in [2.05, 4.69) is 32.4 Å². The van der Waals surface area contributed by atoms with Gasteiger partial charge in [-0.2, -0.15) is 0 Å². The Kier molecular flexibility index (Phi) is 27.1. The van der Waals surface area contributed by atoms with E-state index in [0.29, 0.717) is 30.3 Å². The van der Waals surface area contributed by atoms with Crippen molar-refractivity contribution in [3.05, 3.63) is 171 Å². The van der Waals surface area contributed by atoms with E-state index < -0.39 is 52.6 Å². The highest BCUT2D eigenvalue weighted by Crippen LogP contribution is 2.28. The highest BCUT2D eigenvalue weighted by Gasteiger charge is 2.18. The first kappa shape index (κ1) is 61.2. The number of aliphatic hydroxyl groups excluding tert-OH is 2. The molecule has 25 heteroatoms. The summed E-state index contributed by atoms with van der Waals surface area (Å²) in [6, 6.07) is 24.0. The minimum absolute atomic E-state index is 0.0642. The Morgan fingerprint density at radius 1 is 0.432 bits per heavy atom. The number of rotatable bonds is 23. The van der Waals surface area contributed by atoms with E-state index in [-0.39, 0.29) is 90.5 Å². The average molecular weight is 1370 g/mol. The van der Waals surface area contributed by atoms with Crippen LogP contribution in [0.2, 0.25) is 0 Å². The van der Waals surface area contributed by atoms with Crippen molar-refractivity contribution in [3.8, 4) is 0 Å². The van der Waals surface area contributed by atoms with E-state index in [1.165, 1.54) is 54.6 Å². The summed E-state index contributed by atoms with van der Waals surface area (Å²) in [4.78, 5) is 51.1. The number of anilines is 6. The Labute approximate surface area is 461 Å². The third-order valence-corrected chi connectivity index (χ3v) is 11.1. The first-order valence-electron chi connectivity index (χ1n) is 21.6. The Balaban J connectivity index is 0.000000241. The van der Waals surface area contributed by atoms with Crippen molar-refractivity contribution in [1.82, 2.24) is 16.4 Å². The zero-order chi connectivity index (χ0) is 54.0. The zero-order valence-electron chi connectivity index (χ0n) is 38.8. The number of hydroxylamine groups is 3. The van der Waals surface area contributed by atoms with Gasteiger partial charge in [0.25, 0.3) is 17.7 Å². The lowest BCUT2D eigenvalue weighted by molar-refractivity contribution is -0.00935. The number of carbonyl (C=O) groups excluding carboxylic acids is 3. The van der Waals surface area contributed by atoms with Gasteiger partial charge in [0.1, 0.15) is 34.9 Å². The maximum absolute atomic E-state index is 14.0. The summed E-state index contributed by atoms with van der Waals surface area (Å²) in [5.41, 5.74) is 7.52. The molecule has 0 aliphatic heterocycles.